The minimum atomic E-state index is 0.532. The zero-order chi connectivity index (χ0) is 14.5. The highest BCUT2D eigenvalue weighted by atomic mass is 16.5. The molecular weight excluding hydrogens is 250 g/mol. The van der Waals surface area contributed by atoms with Crippen LogP contribution in [0.3, 0.4) is 0 Å². The molecule has 0 amide bonds. The molecule has 1 unspecified atom stereocenters. The maximum atomic E-state index is 5.51. The van der Waals surface area contributed by atoms with Crippen molar-refractivity contribution >= 4 is 0 Å². The van der Waals surface area contributed by atoms with Crippen LogP contribution in [0.25, 0.3) is 0 Å². The van der Waals surface area contributed by atoms with Gasteiger partial charge in [-0.05, 0) is 45.0 Å². The monoisotopic (exact) mass is 275 g/mol. The van der Waals surface area contributed by atoms with Gasteiger partial charge >= 0.3 is 0 Å². The summed E-state index contributed by atoms with van der Waals surface area (Å²) in [4.78, 5) is 2.51. The summed E-state index contributed by atoms with van der Waals surface area (Å²) >= 11 is 0. The SMILES string of the molecule is CC=C(C)CN1CCC(c2cc(OC)ccc2OC)C1. The summed E-state index contributed by atoms with van der Waals surface area (Å²) in [7, 11) is 3.45. The quantitative estimate of drug-likeness (QED) is 0.768. The van der Waals surface area contributed by atoms with Gasteiger partial charge in [-0.15, -0.1) is 0 Å². The summed E-state index contributed by atoms with van der Waals surface area (Å²) in [6, 6.07) is 6.09. The summed E-state index contributed by atoms with van der Waals surface area (Å²) in [6.45, 7) is 7.61. The summed E-state index contributed by atoms with van der Waals surface area (Å²) in [6.07, 6.45) is 3.37. The number of hydrogen-bond donors (Lipinski definition) is 0. The Bertz CT molecular complexity index is 482. The van der Waals surface area contributed by atoms with Crippen molar-refractivity contribution in [3.8, 4) is 11.5 Å². The lowest BCUT2D eigenvalue weighted by molar-refractivity contribution is 0.359. The van der Waals surface area contributed by atoms with E-state index in [1.165, 1.54) is 17.6 Å². The molecule has 1 aliphatic heterocycles. The molecule has 0 bridgehead atoms. The van der Waals surface area contributed by atoms with E-state index >= 15 is 0 Å². The fraction of sp³-hybridized carbons (Fsp3) is 0.529. The average Bonchev–Trinajstić information content (AvgIpc) is 2.94. The highest BCUT2D eigenvalue weighted by Gasteiger charge is 2.26. The number of rotatable bonds is 5. The molecule has 0 aromatic heterocycles. The lowest BCUT2D eigenvalue weighted by Gasteiger charge is -2.18. The Morgan fingerprint density at radius 3 is 2.80 bits per heavy atom. The average molecular weight is 275 g/mol. The van der Waals surface area contributed by atoms with E-state index < -0.39 is 0 Å². The number of likely N-dealkylation sites (tertiary alicyclic amines) is 1. The molecule has 0 spiro atoms. The number of hydrogen-bond acceptors (Lipinski definition) is 3. The number of allylic oxidation sites excluding steroid dienone is 1. The molecule has 1 aromatic carbocycles. The first-order valence-corrected chi connectivity index (χ1v) is 7.24. The van der Waals surface area contributed by atoms with Crippen molar-refractivity contribution in [2.75, 3.05) is 33.9 Å². The van der Waals surface area contributed by atoms with Gasteiger partial charge in [-0.25, -0.2) is 0 Å². The Morgan fingerprint density at radius 1 is 1.35 bits per heavy atom. The third-order valence-electron chi connectivity index (χ3n) is 4.11. The van der Waals surface area contributed by atoms with Crippen LogP contribution in [-0.2, 0) is 0 Å². The first-order chi connectivity index (χ1) is 9.67. The summed E-state index contributed by atoms with van der Waals surface area (Å²) in [5.74, 6) is 2.41. The van der Waals surface area contributed by atoms with Gasteiger partial charge in [-0.1, -0.05) is 11.6 Å². The summed E-state index contributed by atoms with van der Waals surface area (Å²) in [5.41, 5.74) is 2.70. The van der Waals surface area contributed by atoms with Gasteiger partial charge in [-0.3, -0.25) is 4.90 Å². The van der Waals surface area contributed by atoms with Crippen molar-refractivity contribution in [2.45, 2.75) is 26.2 Å². The Labute approximate surface area is 122 Å². The van der Waals surface area contributed by atoms with Gasteiger partial charge in [0.15, 0.2) is 0 Å². The van der Waals surface area contributed by atoms with Crippen LogP contribution >= 0.6 is 0 Å². The third-order valence-corrected chi connectivity index (χ3v) is 4.11. The minimum Gasteiger partial charge on any atom is -0.497 e. The molecule has 1 aromatic rings. The molecule has 1 atom stereocenters. The van der Waals surface area contributed by atoms with E-state index in [4.69, 9.17) is 9.47 Å². The van der Waals surface area contributed by atoms with Crippen molar-refractivity contribution < 1.29 is 9.47 Å². The first kappa shape index (κ1) is 14.9. The van der Waals surface area contributed by atoms with Crippen LogP contribution in [0.2, 0.25) is 0 Å². The molecule has 3 nitrogen and oxygen atoms in total. The van der Waals surface area contributed by atoms with E-state index in [9.17, 15) is 0 Å². The number of nitrogens with zero attached hydrogens (tertiary/aromatic N) is 1. The second kappa shape index (κ2) is 6.80. The maximum Gasteiger partial charge on any atom is 0.122 e. The van der Waals surface area contributed by atoms with E-state index in [-0.39, 0.29) is 0 Å². The van der Waals surface area contributed by atoms with Crippen LogP contribution < -0.4 is 9.47 Å². The Kier molecular flexibility index (Phi) is 5.07. The Hall–Kier alpha value is -1.48. The van der Waals surface area contributed by atoms with Gasteiger partial charge in [-0.2, -0.15) is 0 Å². The van der Waals surface area contributed by atoms with Gasteiger partial charge in [0.2, 0.25) is 0 Å². The molecule has 0 N–H and O–H groups in total. The molecule has 0 saturated carbocycles. The van der Waals surface area contributed by atoms with Crippen LogP contribution in [-0.4, -0.2) is 38.8 Å². The molecule has 0 radical (unpaired) electrons. The third kappa shape index (κ3) is 3.34. The number of methoxy groups -OCH3 is 2. The smallest absolute Gasteiger partial charge is 0.122 e. The van der Waals surface area contributed by atoms with Crippen molar-refractivity contribution in [3.63, 3.8) is 0 Å². The second-order valence-electron chi connectivity index (χ2n) is 5.46. The predicted octanol–water partition coefficient (Wildman–Crippen LogP) is 3.46. The van der Waals surface area contributed by atoms with Crippen LogP contribution in [0, 0.1) is 0 Å². The van der Waals surface area contributed by atoms with E-state index in [2.05, 4.69) is 30.9 Å². The van der Waals surface area contributed by atoms with Crippen molar-refractivity contribution in [1.82, 2.24) is 4.90 Å². The molecule has 2 rings (SSSR count). The largest absolute Gasteiger partial charge is 0.497 e. The van der Waals surface area contributed by atoms with Crippen LogP contribution in [0.5, 0.6) is 11.5 Å². The normalized spacial score (nSPS) is 20.2. The van der Waals surface area contributed by atoms with Crippen molar-refractivity contribution in [1.29, 1.82) is 0 Å². The predicted molar refractivity (Wildman–Crippen MR) is 82.8 cm³/mol. The van der Waals surface area contributed by atoms with E-state index in [1.54, 1.807) is 14.2 Å². The molecule has 3 heteroatoms. The maximum absolute atomic E-state index is 5.51. The van der Waals surface area contributed by atoms with Crippen LogP contribution in [0.15, 0.2) is 29.8 Å². The molecule has 1 fully saturated rings. The fourth-order valence-electron chi connectivity index (χ4n) is 2.83. The Balaban J connectivity index is 2.12. The molecule has 0 aliphatic carbocycles. The van der Waals surface area contributed by atoms with Crippen molar-refractivity contribution in [3.05, 3.63) is 35.4 Å². The lowest BCUT2D eigenvalue weighted by atomic mass is 9.97. The van der Waals surface area contributed by atoms with Crippen LogP contribution in [0.4, 0.5) is 0 Å². The molecule has 1 saturated heterocycles. The van der Waals surface area contributed by atoms with Crippen molar-refractivity contribution in [2.24, 2.45) is 0 Å². The highest BCUT2D eigenvalue weighted by Crippen LogP contribution is 2.36. The van der Waals surface area contributed by atoms with Gasteiger partial charge in [0.25, 0.3) is 0 Å². The van der Waals surface area contributed by atoms with Gasteiger partial charge in [0.05, 0.1) is 14.2 Å². The fourth-order valence-corrected chi connectivity index (χ4v) is 2.83. The highest BCUT2D eigenvalue weighted by molar-refractivity contribution is 5.43. The number of benzene rings is 1. The molecule has 1 aliphatic rings. The van der Waals surface area contributed by atoms with E-state index in [0.717, 1.165) is 31.1 Å². The van der Waals surface area contributed by atoms with Gasteiger partial charge in [0.1, 0.15) is 11.5 Å². The lowest BCUT2D eigenvalue weighted by Crippen LogP contribution is -2.22. The van der Waals surface area contributed by atoms with Gasteiger partial charge in [0, 0.05) is 24.6 Å². The minimum absolute atomic E-state index is 0.532. The summed E-state index contributed by atoms with van der Waals surface area (Å²) < 4.78 is 10.9. The molecule has 20 heavy (non-hydrogen) atoms. The van der Waals surface area contributed by atoms with Crippen LogP contribution in [0.1, 0.15) is 31.7 Å². The zero-order valence-corrected chi connectivity index (χ0v) is 13.0. The molecule has 1 heterocycles. The summed E-state index contributed by atoms with van der Waals surface area (Å²) in [5, 5.41) is 0. The standard InChI is InChI=1S/C17H25NO2/c1-5-13(2)11-18-9-8-14(12-18)16-10-15(19-3)6-7-17(16)20-4/h5-7,10,14H,8-9,11-12H2,1-4H3. The zero-order valence-electron chi connectivity index (χ0n) is 13.0. The second-order valence-corrected chi connectivity index (χ2v) is 5.46. The molecular formula is C17H25NO2. The van der Waals surface area contributed by atoms with E-state index in [1.807, 2.05) is 12.1 Å². The topological polar surface area (TPSA) is 21.7 Å². The van der Waals surface area contributed by atoms with Gasteiger partial charge < -0.3 is 9.47 Å². The number of ether oxygens (including phenoxy) is 2. The molecule has 110 valence electrons. The first-order valence-electron chi connectivity index (χ1n) is 7.24. The van der Waals surface area contributed by atoms with E-state index in [0.29, 0.717) is 5.92 Å². The Morgan fingerprint density at radius 2 is 2.15 bits per heavy atom.